The van der Waals surface area contributed by atoms with Gasteiger partial charge in [-0.25, -0.2) is 9.36 Å². The van der Waals surface area contributed by atoms with Crippen LogP contribution in [-0.4, -0.2) is 25.2 Å². The van der Waals surface area contributed by atoms with Crippen LogP contribution in [0.25, 0.3) is 12.2 Å². The average Bonchev–Trinajstić information content (AvgIpc) is 2.68. The quantitative estimate of drug-likeness (QED) is 0.633. The lowest BCUT2D eigenvalue weighted by atomic mass is 10.1. The molecule has 2 aromatic carbocycles. The molecule has 5 heteroatoms. The highest BCUT2D eigenvalue weighted by Crippen LogP contribution is 2.14. The van der Waals surface area contributed by atoms with Crippen molar-refractivity contribution in [3.05, 3.63) is 95.3 Å². The van der Waals surface area contributed by atoms with Gasteiger partial charge in [-0.1, -0.05) is 36.4 Å². The van der Waals surface area contributed by atoms with Crippen LogP contribution < -0.4 is 21.9 Å². The molecule has 0 radical (unpaired) electrons. The van der Waals surface area contributed by atoms with Crippen LogP contribution in [0.5, 0.6) is 0 Å². The van der Waals surface area contributed by atoms with Gasteiger partial charge in [0.05, 0.1) is 5.56 Å². The zero-order valence-electron chi connectivity index (χ0n) is 15.9. The molecular weight excluding hydrogens is 372 g/mol. The van der Waals surface area contributed by atoms with E-state index in [1.807, 2.05) is 49.3 Å². The number of rotatable bonds is 6. The van der Waals surface area contributed by atoms with Gasteiger partial charge in [-0.2, -0.15) is 0 Å². The molecule has 144 valence electrons. The first kappa shape index (κ1) is 21.2. The molecule has 1 heterocycles. The number of aromatic nitrogens is 1. The minimum absolute atomic E-state index is 0. The molecule has 0 saturated carbocycles. The first-order valence-corrected chi connectivity index (χ1v) is 8.78. The second-order valence-electron chi connectivity index (χ2n) is 6.63. The number of hydrogen-bond acceptors (Lipinski definition) is 2. The van der Waals surface area contributed by atoms with Crippen molar-refractivity contribution in [3.63, 3.8) is 0 Å². The molecule has 0 fully saturated rings. The molecule has 0 amide bonds. The predicted octanol–water partition coefficient (Wildman–Crippen LogP) is 0.961. The van der Waals surface area contributed by atoms with Crippen LogP contribution in [0, 0.1) is 0 Å². The van der Waals surface area contributed by atoms with Gasteiger partial charge < -0.3 is 22.4 Å². The Morgan fingerprint density at radius 3 is 2.14 bits per heavy atom. The third-order valence-corrected chi connectivity index (χ3v) is 4.33. The zero-order chi connectivity index (χ0) is 19.2. The summed E-state index contributed by atoms with van der Waals surface area (Å²) in [5, 5.41) is 9.09. The smallest absolute Gasteiger partial charge is 0.335 e. The second kappa shape index (κ2) is 9.72. The molecule has 0 bridgehead atoms. The summed E-state index contributed by atoms with van der Waals surface area (Å²) in [6.07, 6.45) is 8.18. The summed E-state index contributed by atoms with van der Waals surface area (Å²) in [4.78, 5) is 13.2. The molecule has 1 aromatic heterocycles. The Bertz CT molecular complexity index is 949. The highest BCUT2D eigenvalue weighted by molar-refractivity contribution is 5.87. The molecule has 0 saturated heterocycles. The van der Waals surface area contributed by atoms with E-state index in [-0.39, 0.29) is 12.4 Å². The van der Waals surface area contributed by atoms with Crippen molar-refractivity contribution in [2.45, 2.75) is 6.54 Å². The molecule has 3 rings (SSSR count). The lowest BCUT2D eigenvalue weighted by Crippen LogP contribution is -3.00. The number of carboxylic acid groups (broad SMARTS) is 1. The van der Waals surface area contributed by atoms with Crippen LogP contribution in [0.2, 0.25) is 0 Å². The number of aromatic carboxylic acids is 1. The van der Waals surface area contributed by atoms with Crippen LogP contribution in [-0.2, 0) is 6.54 Å². The molecule has 4 nitrogen and oxygen atoms in total. The fourth-order valence-corrected chi connectivity index (χ4v) is 2.77. The molecule has 0 aliphatic rings. The summed E-state index contributed by atoms with van der Waals surface area (Å²) < 4.78 is 2.03. The van der Waals surface area contributed by atoms with E-state index in [9.17, 15) is 4.79 Å². The van der Waals surface area contributed by atoms with Crippen molar-refractivity contribution in [1.29, 1.82) is 0 Å². The third-order valence-electron chi connectivity index (χ3n) is 4.33. The van der Waals surface area contributed by atoms with Gasteiger partial charge in [-0.3, -0.25) is 0 Å². The number of halogens is 1. The number of carbonyl (C=O) groups is 1. The molecule has 3 aromatic rings. The minimum atomic E-state index is -0.902. The van der Waals surface area contributed by atoms with Crippen molar-refractivity contribution in [2.24, 2.45) is 0 Å². The summed E-state index contributed by atoms with van der Waals surface area (Å²) in [7, 11) is 4.06. The third kappa shape index (κ3) is 5.69. The Hall–Kier alpha value is -3.11. The molecule has 0 aliphatic heterocycles. The molecular formula is C23H23ClN2O2. The van der Waals surface area contributed by atoms with Crippen molar-refractivity contribution < 1.29 is 26.9 Å². The van der Waals surface area contributed by atoms with Crippen LogP contribution in [0.3, 0.4) is 0 Å². The molecule has 1 N–H and O–H groups in total. The van der Waals surface area contributed by atoms with Gasteiger partial charge >= 0.3 is 5.97 Å². The number of anilines is 1. The van der Waals surface area contributed by atoms with Crippen molar-refractivity contribution in [1.82, 2.24) is 0 Å². The van der Waals surface area contributed by atoms with E-state index in [2.05, 4.69) is 41.3 Å². The van der Waals surface area contributed by atoms with Crippen LogP contribution in [0.4, 0.5) is 5.69 Å². The van der Waals surface area contributed by atoms with E-state index in [0.717, 1.165) is 16.7 Å². The maximum Gasteiger partial charge on any atom is 0.335 e. The Kier molecular flexibility index (Phi) is 7.36. The highest BCUT2D eigenvalue weighted by atomic mass is 35.5. The topological polar surface area (TPSA) is 44.4 Å². The van der Waals surface area contributed by atoms with Crippen molar-refractivity contribution >= 4 is 23.8 Å². The van der Waals surface area contributed by atoms with E-state index in [4.69, 9.17) is 5.11 Å². The first-order valence-electron chi connectivity index (χ1n) is 8.78. The number of pyridine rings is 1. The standard InChI is InChI=1S/C23H22N2O2.ClH/c1-24(2)22-10-8-18(9-11-22)6-7-19-12-14-25(15-13-19)17-20-4-3-5-21(16-20)23(26)27;/h3-16H,17H2,1-2H3;1H. The highest BCUT2D eigenvalue weighted by Gasteiger charge is 2.07. The molecule has 0 unspecified atom stereocenters. The van der Waals surface area contributed by atoms with Crippen LogP contribution >= 0.6 is 0 Å². The summed E-state index contributed by atoms with van der Waals surface area (Å²) >= 11 is 0. The fraction of sp³-hybridized carbons (Fsp3) is 0.130. The van der Waals surface area contributed by atoms with Gasteiger partial charge in [0, 0.05) is 37.5 Å². The second-order valence-corrected chi connectivity index (χ2v) is 6.63. The summed E-state index contributed by atoms with van der Waals surface area (Å²) in [6, 6.07) is 19.5. The molecule has 0 spiro atoms. The number of carboxylic acids is 1. The number of benzene rings is 2. The van der Waals surface area contributed by atoms with E-state index in [0.29, 0.717) is 12.1 Å². The number of hydrogen-bond donors (Lipinski definition) is 1. The van der Waals surface area contributed by atoms with E-state index in [1.54, 1.807) is 18.2 Å². The van der Waals surface area contributed by atoms with Gasteiger partial charge in [0.1, 0.15) is 0 Å². The van der Waals surface area contributed by atoms with Gasteiger partial charge in [-0.15, -0.1) is 0 Å². The average molecular weight is 395 g/mol. The molecule has 0 aliphatic carbocycles. The lowest BCUT2D eigenvalue weighted by molar-refractivity contribution is -0.688. The predicted molar refractivity (Wildman–Crippen MR) is 109 cm³/mol. The Labute approximate surface area is 171 Å². The van der Waals surface area contributed by atoms with Gasteiger partial charge in [0.25, 0.3) is 0 Å². The first-order chi connectivity index (χ1) is 13.0. The Balaban J connectivity index is 0.00000280. The van der Waals surface area contributed by atoms with Gasteiger partial charge in [-0.05, 0) is 35.4 Å². The molecule has 28 heavy (non-hydrogen) atoms. The van der Waals surface area contributed by atoms with Gasteiger partial charge in [0.15, 0.2) is 18.9 Å². The van der Waals surface area contributed by atoms with Crippen LogP contribution in [0.1, 0.15) is 27.0 Å². The summed E-state index contributed by atoms with van der Waals surface area (Å²) in [5.74, 6) is -0.902. The van der Waals surface area contributed by atoms with Gasteiger partial charge in [0.2, 0.25) is 0 Å². The zero-order valence-corrected chi connectivity index (χ0v) is 16.7. The maximum atomic E-state index is 11.1. The normalized spacial score (nSPS) is 10.5. The lowest BCUT2D eigenvalue weighted by Gasteiger charge is -2.11. The van der Waals surface area contributed by atoms with Crippen LogP contribution in [0.15, 0.2) is 73.1 Å². The Morgan fingerprint density at radius 2 is 1.57 bits per heavy atom. The summed E-state index contributed by atoms with van der Waals surface area (Å²) in [5.41, 5.74) is 4.72. The van der Waals surface area contributed by atoms with E-state index >= 15 is 0 Å². The van der Waals surface area contributed by atoms with Crippen molar-refractivity contribution in [3.8, 4) is 0 Å². The Morgan fingerprint density at radius 1 is 0.964 bits per heavy atom. The monoisotopic (exact) mass is 394 g/mol. The summed E-state index contributed by atoms with van der Waals surface area (Å²) in [6.45, 7) is 0.636. The maximum absolute atomic E-state index is 11.1. The van der Waals surface area contributed by atoms with E-state index < -0.39 is 5.97 Å². The SMILES string of the molecule is CN(C)c1ccc(/C=C\c2cc[n+](Cc3cccc(C(=O)O)c3)cc2)cc1.[Cl-]. The molecule has 0 atom stereocenters. The largest absolute Gasteiger partial charge is 1.00 e. The van der Waals surface area contributed by atoms with E-state index in [1.165, 1.54) is 5.69 Å². The minimum Gasteiger partial charge on any atom is -1.00 e. The fourth-order valence-electron chi connectivity index (χ4n) is 2.77. The number of nitrogens with zero attached hydrogens (tertiary/aromatic N) is 2. The van der Waals surface area contributed by atoms with Crippen molar-refractivity contribution in [2.75, 3.05) is 19.0 Å².